The molecule has 1 aromatic carbocycles. The molecule has 116 valence electrons. The maximum Gasteiger partial charge on any atom is 0.0675 e. The minimum Gasteiger partial charge on any atom is -0.377 e. The number of halogens is 1. The Labute approximate surface area is 136 Å². The molecule has 1 heterocycles. The lowest BCUT2D eigenvalue weighted by Gasteiger charge is -2.35. The number of hydrogen-bond acceptors (Lipinski definition) is 2. The smallest absolute Gasteiger partial charge is 0.0675 e. The molecule has 3 heteroatoms. The average molecular weight is 352 g/mol. The molecule has 2 atom stereocenters. The summed E-state index contributed by atoms with van der Waals surface area (Å²) in [5, 5.41) is 3.67. The third kappa shape index (κ3) is 3.69. The molecule has 2 unspecified atom stereocenters. The number of hydrogen-bond donors (Lipinski definition) is 1. The van der Waals surface area contributed by atoms with E-state index >= 15 is 0 Å². The quantitative estimate of drug-likeness (QED) is 0.744. The standard InChI is InChI=1S/C18H26BrNO/c1-2-10-20-13-18(9-11-21-17(18)15-5-6-15)12-14-3-7-16(19)8-4-14/h3-4,7-8,15,17,20H,2,5-6,9-13H2,1H3. The summed E-state index contributed by atoms with van der Waals surface area (Å²) in [7, 11) is 0. The van der Waals surface area contributed by atoms with Crippen molar-refractivity contribution in [2.45, 2.75) is 45.1 Å². The molecule has 3 rings (SSSR count). The number of benzene rings is 1. The van der Waals surface area contributed by atoms with Crippen molar-refractivity contribution in [1.82, 2.24) is 5.32 Å². The van der Waals surface area contributed by atoms with Gasteiger partial charge in [0.15, 0.2) is 0 Å². The van der Waals surface area contributed by atoms with Gasteiger partial charge in [0, 0.05) is 23.0 Å². The van der Waals surface area contributed by atoms with Crippen LogP contribution in [0, 0.1) is 11.3 Å². The van der Waals surface area contributed by atoms with Crippen molar-refractivity contribution in [3.05, 3.63) is 34.3 Å². The van der Waals surface area contributed by atoms with Crippen LogP contribution in [0.4, 0.5) is 0 Å². The maximum absolute atomic E-state index is 6.17. The summed E-state index contributed by atoms with van der Waals surface area (Å²) in [5.74, 6) is 0.811. The second-order valence-corrected chi connectivity index (χ2v) is 7.64. The molecule has 2 nitrogen and oxygen atoms in total. The maximum atomic E-state index is 6.17. The minimum atomic E-state index is 0.296. The zero-order valence-electron chi connectivity index (χ0n) is 12.9. The SMILES string of the molecule is CCCNCC1(Cc2ccc(Br)cc2)CCOC1C1CC1. The third-order valence-corrected chi connectivity index (χ3v) is 5.45. The predicted molar refractivity (Wildman–Crippen MR) is 90.5 cm³/mol. The highest BCUT2D eigenvalue weighted by Gasteiger charge is 2.50. The van der Waals surface area contributed by atoms with Crippen LogP contribution in [0.3, 0.4) is 0 Å². The van der Waals surface area contributed by atoms with Crippen molar-refractivity contribution >= 4 is 15.9 Å². The first-order valence-corrected chi connectivity index (χ1v) is 9.09. The van der Waals surface area contributed by atoms with Crippen LogP contribution >= 0.6 is 15.9 Å². The van der Waals surface area contributed by atoms with Crippen LogP contribution in [0.5, 0.6) is 0 Å². The molecule has 0 radical (unpaired) electrons. The summed E-state index contributed by atoms with van der Waals surface area (Å²) in [6.45, 7) is 5.38. The van der Waals surface area contributed by atoms with Gasteiger partial charge in [0.2, 0.25) is 0 Å². The molecule has 1 N–H and O–H groups in total. The van der Waals surface area contributed by atoms with Crippen LogP contribution in [-0.4, -0.2) is 25.8 Å². The average Bonchev–Trinajstić information content (AvgIpc) is 3.24. The zero-order chi connectivity index (χ0) is 14.7. The molecule has 1 aromatic rings. The Bertz CT molecular complexity index is 457. The van der Waals surface area contributed by atoms with Gasteiger partial charge in [-0.2, -0.15) is 0 Å². The molecule has 0 amide bonds. The summed E-state index contributed by atoms with van der Waals surface area (Å²) < 4.78 is 7.33. The van der Waals surface area contributed by atoms with E-state index in [-0.39, 0.29) is 0 Å². The largest absolute Gasteiger partial charge is 0.377 e. The molecule has 21 heavy (non-hydrogen) atoms. The highest BCUT2D eigenvalue weighted by molar-refractivity contribution is 9.10. The predicted octanol–water partition coefficient (Wildman–Crippen LogP) is 4.18. The summed E-state index contributed by atoms with van der Waals surface area (Å²) in [6, 6.07) is 8.83. The van der Waals surface area contributed by atoms with Gasteiger partial charge in [0.05, 0.1) is 6.10 Å². The van der Waals surface area contributed by atoms with Crippen LogP contribution in [0.2, 0.25) is 0 Å². The van der Waals surface area contributed by atoms with E-state index in [2.05, 4.69) is 52.4 Å². The lowest BCUT2D eigenvalue weighted by molar-refractivity contribution is 0.0307. The normalized spacial score (nSPS) is 29.0. The van der Waals surface area contributed by atoms with Crippen molar-refractivity contribution in [3.63, 3.8) is 0 Å². The highest BCUT2D eigenvalue weighted by atomic mass is 79.9. The molecular formula is C18H26BrNO. The first-order valence-electron chi connectivity index (χ1n) is 8.30. The van der Waals surface area contributed by atoms with Crippen molar-refractivity contribution in [1.29, 1.82) is 0 Å². The van der Waals surface area contributed by atoms with Crippen molar-refractivity contribution in [3.8, 4) is 0 Å². The Kier molecular flexibility index (Phi) is 5.03. The Morgan fingerprint density at radius 1 is 1.29 bits per heavy atom. The molecule has 1 saturated carbocycles. The Morgan fingerprint density at radius 3 is 2.71 bits per heavy atom. The van der Waals surface area contributed by atoms with E-state index in [0.717, 1.165) is 36.5 Å². The Hall–Kier alpha value is -0.380. The van der Waals surface area contributed by atoms with E-state index in [1.54, 1.807) is 0 Å². The molecule has 0 aromatic heterocycles. The first-order chi connectivity index (χ1) is 10.2. The van der Waals surface area contributed by atoms with Crippen LogP contribution in [0.25, 0.3) is 0 Å². The van der Waals surface area contributed by atoms with Crippen LogP contribution in [0.15, 0.2) is 28.7 Å². The molecule has 1 saturated heterocycles. The van der Waals surface area contributed by atoms with E-state index in [1.807, 2.05) is 0 Å². The van der Waals surface area contributed by atoms with Gasteiger partial charge < -0.3 is 10.1 Å². The fourth-order valence-electron chi connectivity index (χ4n) is 3.71. The van der Waals surface area contributed by atoms with E-state index in [0.29, 0.717) is 11.5 Å². The Morgan fingerprint density at radius 2 is 2.05 bits per heavy atom. The molecule has 1 aliphatic heterocycles. The lowest BCUT2D eigenvalue weighted by atomic mass is 9.74. The molecule has 0 spiro atoms. The van der Waals surface area contributed by atoms with Crippen LogP contribution in [-0.2, 0) is 11.2 Å². The third-order valence-electron chi connectivity index (χ3n) is 4.92. The Balaban J connectivity index is 1.76. The highest BCUT2D eigenvalue weighted by Crippen LogP contribution is 2.49. The lowest BCUT2D eigenvalue weighted by Crippen LogP contribution is -2.43. The van der Waals surface area contributed by atoms with Gasteiger partial charge in [-0.25, -0.2) is 0 Å². The molecule has 1 aliphatic carbocycles. The summed E-state index contributed by atoms with van der Waals surface area (Å²) in [4.78, 5) is 0. The fraction of sp³-hybridized carbons (Fsp3) is 0.667. The second kappa shape index (κ2) is 6.80. The van der Waals surface area contributed by atoms with Crippen molar-refractivity contribution in [2.24, 2.45) is 11.3 Å². The van der Waals surface area contributed by atoms with Gasteiger partial charge in [0.25, 0.3) is 0 Å². The van der Waals surface area contributed by atoms with E-state index < -0.39 is 0 Å². The number of nitrogens with one attached hydrogen (secondary N) is 1. The van der Waals surface area contributed by atoms with Crippen LogP contribution < -0.4 is 5.32 Å². The van der Waals surface area contributed by atoms with Gasteiger partial charge >= 0.3 is 0 Å². The van der Waals surface area contributed by atoms with Gasteiger partial charge in [0.1, 0.15) is 0 Å². The van der Waals surface area contributed by atoms with Gasteiger partial charge in [-0.3, -0.25) is 0 Å². The monoisotopic (exact) mass is 351 g/mol. The molecular weight excluding hydrogens is 326 g/mol. The van der Waals surface area contributed by atoms with Crippen LogP contribution in [0.1, 0.15) is 38.2 Å². The number of rotatable bonds is 7. The molecule has 2 aliphatic rings. The summed E-state index contributed by atoms with van der Waals surface area (Å²) in [5.41, 5.74) is 1.73. The first kappa shape index (κ1) is 15.5. The zero-order valence-corrected chi connectivity index (χ0v) is 14.5. The van der Waals surface area contributed by atoms with Gasteiger partial charge in [-0.1, -0.05) is 35.0 Å². The summed E-state index contributed by atoms with van der Waals surface area (Å²) >= 11 is 3.53. The molecule has 0 bridgehead atoms. The minimum absolute atomic E-state index is 0.296. The fourth-order valence-corrected chi connectivity index (χ4v) is 3.97. The number of ether oxygens (including phenoxy) is 1. The van der Waals surface area contributed by atoms with E-state index in [9.17, 15) is 0 Å². The van der Waals surface area contributed by atoms with Gasteiger partial charge in [-0.05, 0) is 62.3 Å². The van der Waals surface area contributed by atoms with E-state index in [4.69, 9.17) is 4.74 Å². The van der Waals surface area contributed by atoms with E-state index in [1.165, 1.54) is 31.2 Å². The second-order valence-electron chi connectivity index (χ2n) is 6.72. The van der Waals surface area contributed by atoms with Crippen molar-refractivity contribution < 1.29 is 4.74 Å². The van der Waals surface area contributed by atoms with Gasteiger partial charge in [-0.15, -0.1) is 0 Å². The molecule has 2 fully saturated rings. The topological polar surface area (TPSA) is 21.3 Å². The summed E-state index contributed by atoms with van der Waals surface area (Å²) in [6.07, 6.45) is 6.72. The van der Waals surface area contributed by atoms with Crippen molar-refractivity contribution in [2.75, 3.05) is 19.7 Å².